The summed E-state index contributed by atoms with van der Waals surface area (Å²) in [5, 5.41) is 6.73. The summed E-state index contributed by atoms with van der Waals surface area (Å²) in [6.45, 7) is 1.23. The molecule has 158 valence electrons. The summed E-state index contributed by atoms with van der Waals surface area (Å²) in [6.07, 6.45) is 0.133. The number of carbonyl (C=O) groups is 1. The van der Waals surface area contributed by atoms with E-state index < -0.39 is 10.0 Å². The third kappa shape index (κ3) is 3.68. The molecule has 0 atom stereocenters. The van der Waals surface area contributed by atoms with Crippen molar-refractivity contribution < 1.29 is 17.7 Å². The van der Waals surface area contributed by atoms with Gasteiger partial charge >= 0.3 is 0 Å². The highest BCUT2D eigenvalue weighted by atomic mass is 32.2. The molecule has 4 aromatic rings. The smallest absolute Gasteiger partial charge is 0.243 e. The van der Waals surface area contributed by atoms with Crippen molar-refractivity contribution in [3.05, 3.63) is 72.4 Å². The van der Waals surface area contributed by atoms with E-state index in [1.54, 1.807) is 17.0 Å². The van der Waals surface area contributed by atoms with Crippen molar-refractivity contribution in [3.63, 3.8) is 0 Å². The van der Waals surface area contributed by atoms with E-state index in [1.165, 1.54) is 4.31 Å². The fraction of sp³-hybridized carbons (Fsp3) is 0.217. The zero-order valence-corrected chi connectivity index (χ0v) is 17.6. The average Bonchev–Trinajstić information content (AvgIpc) is 3.21. The maximum Gasteiger partial charge on any atom is 0.243 e. The van der Waals surface area contributed by atoms with Crippen molar-refractivity contribution in [2.75, 3.05) is 26.2 Å². The molecular weight excluding hydrogens is 414 g/mol. The van der Waals surface area contributed by atoms with E-state index in [4.69, 9.17) is 4.52 Å². The van der Waals surface area contributed by atoms with Gasteiger partial charge in [-0.2, -0.15) is 4.31 Å². The lowest BCUT2D eigenvalue weighted by Gasteiger charge is -2.34. The molecule has 7 nitrogen and oxygen atoms in total. The highest BCUT2D eigenvalue weighted by Gasteiger charge is 2.30. The molecule has 0 aliphatic carbocycles. The number of sulfonamides is 1. The summed E-state index contributed by atoms with van der Waals surface area (Å²) in [6, 6.07) is 20.3. The monoisotopic (exact) mass is 435 g/mol. The lowest BCUT2D eigenvalue weighted by molar-refractivity contribution is -0.131. The maximum absolute atomic E-state index is 13.1. The molecule has 0 unspecified atom stereocenters. The largest absolute Gasteiger partial charge is 0.356 e. The van der Waals surface area contributed by atoms with Crippen LogP contribution in [0.1, 0.15) is 5.69 Å². The number of nitrogens with zero attached hydrogens (tertiary/aromatic N) is 3. The minimum absolute atomic E-state index is 0.0817. The van der Waals surface area contributed by atoms with Gasteiger partial charge in [-0.15, -0.1) is 0 Å². The summed E-state index contributed by atoms with van der Waals surface area (Å²) in [4.78, 5) is 14.7. The minimum Gasteiger partial charge on any atom is -0.356 e. The summed E-state index contributed by atoms with van der Waals surface area (Å²) >= 11 is 0. The number of piperazine rings is 1. The summed E-state index contributed by atoms with van der Waals surface area (Å²) in [5.74, 6) is -0.0817. The number of para-hydroxylation sites is 1. The molecule has 2 heterocycles. The van der Waals surface area contributed by atoms with E-state index in [-0.39, 0.29) is 30.3 Å². The zero-order valence-electron chi connectivity index (χ0n) is 16.8. The third-order valence-corrected chi connectivity index (χ3v) is 7.62. The predicted molar refractivity (Wildman–Crippen MR) is 117 cm³/mol. The molecule has 31 heavy (non-hydrogen) atoms. The van der Waals surface area contributed by atoms with Crippen molar-refractivity contribution in [1.29, 1.82) is 0 Å². The highest BCUT2D eigenvalue weighted by molar-refractivity contribution is 7.89. The van der Waals surface area contributed by atoms with Gasteiger partial charge in [0, 0.05) is 31.6 Å². The van der Waals surface area contributed by atoms with E-state index in [1.807, 2.05) is 54.6 Å². The molecule has 1 aliphatic rings. The van der Waals surface area contributed by atoms with Crippen LogP contribution in [0.2, 0.25) is 0 Å². The number of hydrogen-bond donors (Lipinski definition) is 0. The Bertz CT molecular complexity index is 1370. The van der Waals surface area contributed by atoms with Gasteiger partial charge in [-0.3, -0.25) is 4.79 Å². The standard InChI is InChI=1S/C23H21N3O4S/c27-23(16-21-20-7-3-4-8-22(20)30-24-21)25-11-13-26(14-12-25)31(28,29)19-10-9-17-5-1-2-6-18(17)15-19/h1-10,15H,11-14,16H2. The summed E-state index contributed by atoms with van der Waals surface area (Å²) < 4.78 is 32.9. The molecule has 8 heteroatoms. The van der Waals surface area contributed by atoms with Crippen LogP contribution in [-0.2, 0) is 21.2 Å². The Morgan fingerprint density at radius 2 is 1.61 bits per heavy atom. The fourth-order valence-corrected chi connectivity index (χ4v) is 5.43. The van der Waals surface area contributed by atoms with Crippen LogP contribution >= 0.6 is 0 Å². The fourth-order valence-electron chi connectivity index (χ4n) is 3.98. The Hall–Kier alpha value is -3.23. The number of amides is 1. The Kier molecular flexibility index (Phi) is 4.95. The van der Waals surface area contributed by atoms with Gasteiger partial charge in [0.15, 0.2) is 5.58 Å². The molecule has 1 aliphatic heterocycles. The first-order valence-corrected chi connectivity index (χ1v) is 11.6. The second kappa shape index (κ2) is 7.79. The van der Waals surface area contributed by atoms with E-state index in [0.29, 0.717) is 24.4 Å². The second-order valence-corrected chi connectivity index (χ2v) is 9.53. The second-order valence-electron chi connectivity index (χ2n) is 7.60. The number of hydrogen-bond acceptors (Lipinski definition) is 5. The first-order valence-electron chi connectivity index (χ1n) is 10.1. The van der Waals surface area contributed by atoms with Crippen LogP contribution < -0.4 is 0 Å². The van der Waals surface area contributed by atoms with Crippen molar-refractivity contribution in [2.45, 2.75) is 11.3 Å². The molecular formula is C23H21N3O4S. The molecule has 0 N–H and O–H groups in total. The van der Waals surface area contributed by atoms with Crippen molar-refractivity contribution in [3.8, 4) is 0 Å². The number of rotatable bonds is 4. The normalized spacial score (nSPS) is 15.5. The summed E-state index contributed by atoms with van der Waals surface area (Å²) in [5.41, 5.74) is 1.25. The van der Waals surface area contributed by atoms with Crippen LogP contribution in [0.15, 0.2) is 76.1 Å². The molecule has 1 fully saturated rings. The van der Waals surface area contributed by atoms with Crippen molar-refractivity contribution in [2.24, 2.45) is 0 Å². The lowest BCUT2D eigenvalue weighted by atomic mass is 10.1. The minimum atomic E-state index is -3.61. The molecule has 0 spiro atoms. The van der Waals surface area contributed by atoms with E-state index in [2.05, 4.69) is 5.16 Å². The van der Waals surface area contributed by atoms with E-state index in [0.717, 1.165) is 16.2 Å². The van der Waals surface area contributed by atoms with Crippen LogP contribution in [0.25, 0.3) is 21.7 Å². The Balaban J connectivity index is 1.27. The van der Waals surface area contributed by atoms with Crippen LogP contribution in [0.4, 0.5) is 0 Å². The van der Waals surface area contributed by atoms with Gasteiger partial charge in [-0.1, -0.05) is 47.6 Å². The van der Waals surface area contributed by atoms with Gasteiger partial charge in [0.25, 0.3) is 0 Å². The molecule has 0 bridgehead atoms. The number of fused-ring (bicyclic) bond motifs is 2. The highest BCUT2D eigenvalue weighted by Crippen LogP contribution is 2.23. The molecule has 1 saturated heterocycles. The van der Waals surface area contributed by atoms with Gasteiger partial charge in [0.05, 0.1) is 11.3 Å². The first-order chi connectivity index (χ1) is 15.0. The van der Waals surface area contributed by atoms with Gasteiger partial charge in [-0.25, -0.2) is 8.42 Å². The number of benzene rings is 3. The van der Waals surface area contributed by atoms with Crippen LogP contribution in [0, 0.1) is 0 Å². The Morgan fingerprint density at radius 1 is 0.903 bits per heavy atom. The first kappa shape index (κ1) is 19.7. The predicted octanol–water partition coefficient (Wildman–Crippen LogP) is 3.06. The van der Waals surface area contributed by atoms with Gasteiger partial charge in [-0.05, 0) is 35.0 Å². The summed E-state index contributed by atoms with van der Waals surface area (Å²) in [7, 11) is -3.61. The average molecular weight is 436 g/mol. The van der Waals surface area contributed by atoms with Crippen LogP contribution in [-0.4, -0.2) is 54.9 Å². The molecule has 0 saturated carbocycles. The number of aromatic nitrogens is 1. The molecule has 0 radical (unpaired) electrons. The molecule has 1 amide bonds. The topological polar surface area (TPSA) is 83.7 Å². The Morgan fingerprint density at radius 3 is 2.42 bits per heavy atom. The van der Waals surface area contributed by atoms with Crippen molar-refractivity contribution in [1.82, 2.24) is 14.4 Å². The lowest BCUT2D eigenvalue weighted by Crippen LogP contribution is -2.50. The molecule has 1 aromatic heterocycles. The number of carbonyl (C=O) groups excluding carboxylic acids is 1. The van der Waals surface area contributed by atoms with E-state index in [9.17, 15) is 13.2 Å². The van der Waals surface area contributed by atoms with Crippen LogP contribution in [0.5, 0.6) is 0 Å². The van der Waals surface area contributed by atoms with E-state index >= 15 is 0 Å². The van der Waals surface area contributed by atoms with Gasteiger partial charge < -0.3 is 9.42 Å². The Labute approximate surface area is 179 Å². The molecule has 5 rings (SSSR count). The maximum atomic E-state index is 13.1. The quantitative estimate of drug-likeness (QED) is 0.492. The van der Waals surface area contributed by atoms with Crippen molar-refractivity contribution >= 4 is 37.7 Å². The zero-order chi connectivity index (χ0) is 21.4. The third-order valence-electron chi connectivity index (χ3n) is 5.72. The van der Waals surface area contributed by atoms with Gasteiger partial charge in [0.1, 0.15) is 5.69 Å². The van der Waals surface area contributed by atoms with Crippen LogP contribution in [0.3, 0.4) is 0 Å². The molecule has 3 aromatic carbocycles. The SMILES string of the molecule is O=C(Cc1noc2ccccc12)N1CCN(S(=O)(=O)c2ccc3ccccc3c2)CC1. The van der Waals surface area contributed by atoms with Gasteiger partial charge in [0.2, 0.25) is 15.9 Å².